The van der Waals surface area contributed by atoms with Gasteiger partial charge in [0, 0.05) is 39.3 Å². The summed E-state index contributed by atoms with van der Waals surface area (Å²) >= 11 is 0. The summed E-state index contributed by atoms with van der Waals surface area (Å²) in [6.07, 6.45) is -3.93. The van der Waals surface area contributed by atoms with Gasteiger partial charge in [-0.2, -0.15) is 0 Å². The maximum atomic E-state index is 12.1. The van der Waals surface area contributed by atoms with Gasteiger partial charge in [-0.3, -0.25) is 0 Å². The highest BCUT2D eigenvalue weighted by atomic mass is 16.6. The summed E-state index contributed by atoms with van der Waals surface area (Å²) in [6, 6.07) is -0.0222. The first kappa shape index (κ1) is 16.2. The Kier molecular flexibility index (Phi) is 3.79. The van der Waals surface area contributed by atoms with Gasteiger partial charge in [0.25, 0.3) is 0 Å². The van der Waals surface area contributed by atoms with Crippen LogP contribution in [0, 0.1) is 0 Å². The van der Waals surface area contributed by atoms with Gasteiger partial charge >= 0.3 is 11.9 Å². The third-order valence-electron chi connectivity index (χ3n) is 5.50. The van der Waals surface area contributed by atoms with Gasteiger partial charge in [-0.25, -0.2) is 9.59 Å². The van der Waals surface area contributed by atoms with E-state index in [1.165, 1.54) is 0 Å². The highest BCUT2D eigenvalue weighted by Crippen LogP contribution is 2.29. The number of nitrogens with one attached hydrogen (secondary N) is 4. The Morgan fingerprint density at radius 2 is 1.25 bits per heavy atom. The number of esters is 2. The molecule has 0 aromatic rings. The number of ether oxygens (including phenoxy) is 2. The van der Waals surface area contributed by atoms with E-state index in [2.05, 4.69) is 21.3 Å². The van der Waals surface area contributed by atoms with E-state index in [1.807, 2.05) is 0 Å². The molecule has 4 aliphatic rings. The number of hydrogen-bond acceptors (Lipinski definition) is 10. The van der Waals surface area contributed by atoms with E-state index in [0.29, 0.717) is 39.3 Å². The maximum absolute atomic E-state index is 12.1. The molecule has 10 nitrogen and oxygen atoms in total. The van der Waals surface area contributed by atoms with Crippen LogP contribution in [-0.2, 0) is 19.1 Å². The van der Waals surface area contributed by atoms with Crippen molar-refractivity contribution in [2.45, 2.75) is 35.5 Å². The van der Waals surface area contributed by atoms with Crippen LogP contribution in [0.3, 0.4) is 0 Å². The van der Waals surface area contributed by atoms with Crippen LogP contribution in [0.25, 0.3) is 0 Å². The van der Waals surface area contributed by atoms with Crippen molar-refractivity contribution in [2.24, 2.45) is 0 Å². The van der Waals surface area contributed by atoms with Gasteiger partial charge in [-0.1, -0.05) is 0 Å². The van der Waals surface area contributed by atoms with E-state index in [0.717, 1.165) is 0 Å². The monoisotopic (exact) mass is 342 g/mol. The Labute approximate surface area is 138 Å². The highest BCUT2D eigenvalue weighted by Gasteiger charge is 2.56. The number of carbonyl (C=O) groups is 2. The van der Waals surface area contributed by atoms with Crippen molar-refractivity contribution in [3.63, 3.8) is 0 Å². The van der Waals surface area contributed by atoms with Gasteiger partial charge in [0.15, 0.2) is 23.4 Å². The first-order valence-electron chi connectivity index (χ1n) is 8.16. The van der Waals surface area contributed by atoms with Gasteiger partial charge in [0.05, 0.1) is 12.1 Å². The third-order valence-corrected chi connectivity index (χ3v) is 5.50. The molecule has 4 saturated heterocycles. The fraction of sp³-hybridized carbons (Fsp3) is 0.857. The van der Waals surface area contributed by atoms with Gasteiger partial charge in [0.1, 0.15) is 0 Å². The number of aliphatic hydroxyl groups is 2. The molecule has 4 heterocycles. The van der Waals surface area contributed by atoms with Gasteiger partial charge < -0.3 is 41.0 Å². The van der Waals surface area contributed by atoms with E-state index in [4.69, 9.17) is 9.47 Å². The molecule has 0 radical (unpaired) electrons. The molecule has 0 saturated carbocycles. The fourth-order valence-electron chi connectivity index (χ4n) is 3.76. The Morgan fingerprint density at radius 3 is 1.54 bits per heavy atom. The summed E-state index contributed by atoms with van der Waals surface area (Å²) in [6.45, 7) is 3.24. The molecule has 0 bridgehead atoms. The molecule has 134 valence electrons. The lowest BCUT2D eigenvalue weighted by Gasteiger charge is -2.45. The average molecular weight is 342 g/mol. The summed E-state index contributed by atoms with van der Waals surface area (Å²) in [5.74, 6) is -2.03. The lowest BCUT2D eigenvalue weighted by molar-refractivity contribution is -0.196. The smallest absolute Gasteiger partial charge is 0.339 e. The molecule has 0 aromatic heterocycles. The summed E-state index contributed by atoms with van der Waals surface area (Å²) in [4.78, 5) is 24.2. The normalized spacial score (nSPS) is 42.1. The summed E-state index contributed by atoms with van der Waals surface area (Å²) in [5, 5.41) is 32.4. The zero-order chi connectivity index (χ0) is 16.9. The summed E-state index contributed by atoms with van der Waals surface area (Å²) < 4.78 is 10.7. The van der Waals surface area contributed by atoms with Crippen LogP contribution in [0.1, 0.15) is 0 Å². The SMILES string of the molecule is O=C(OC12CNCC1NC2)C(O)C(O)C(=O)OC12CNCC1NC2. The van der Waals surface area contributed by atoms with Crippen molar-refractivity contribution < 1.29 is 29.3 Å². The fourth-order valence-corrected chi connectivity index (χ4v) is 3.76. The molecule has 0 aliphatic carbocycles. The van der Waals surface area contributed by atoms with Crippen molar-refractivity contribution in [1.29, 1.82) is 0 Å². The zero-order valence-electron chi connectivity index (χ0n) is 13.1. The Morgan fingerprint density at radius 1 is 0.833 bits per heavy atom. The van der Waals surface area contributed by atoms with E-state index >= 15 is 0 Å². The van der Waals surface area contributed by atoms with Gasteiger partial charge in [-0.05, 0) is 0 Å². The van der Waals surface area contributed by atoms with Crippen LogP contribution in [-0.4, -0.2) is 96.9 Å². The van der Waals surface area contributed by atoms with Crippen LogP contribution in [0.5, 0.6) is 0 Å². The van der Waals surface area contributed by atoms with Crippen LogP contribution in [0.4, 0.5) is 0 Å². The van der Waals surface area contributed by atoms with Crippen molar-refractivity contribution in [3.8, 4) is 0 Å². The second-order valence-corrected chi connectivity index (χ2v) is 6.99. The van der Waals surface area contributed by atoms with Crippen LogP contribution in [0.2, 0.25) is 0 Å². The average Bonchev–Trinajstić information content (AvgIpc) is 2.97. The molecule has 0 aromatic carbocycles. The van der Waals surface area contributed by atoms with E-state index in [-0.39, 0.29) is 12.1 Å². The first-order chi connectivity index (χ1) is 11.5. The predicted octanol–water partition coefficient (Wildman–Crippen LogP) is -4.58. The van der Waals surface area contributed by atoms with Crippen molar-refractivity contribution in [2.75, 3.05) is 39.3 Å². The summed E-state index contributed by atoms with van der Waals surface area (Å²) in [7, 11) is 0. The Hall–Kier alpha value is -1.30. The molecule has 10 heteroatoms. The van der Waals surface area contributed by atoms with Crippen LogP contribution >= 0.6 is 0 Å². The molecule has 6 unspecified atom stereocenters. The van der Waals surface area contributed by atoms with Crippen molar-refractivity contribution in [3.05, 3.63) is 0 Å². The maximum Gasteiger partial charge on any atom is 0.339 e. The second kappa shape index (κ2) is 5.61. The van der Waals surface area contributed by atoms with E-state index in [1.54, 1.807) is 0 Å². The molecular weight excluding hydrogens is 320 g/mol. The van der Waals surface area contributed by atoms with Crippen molar-refractivity contribution in [1.82, 2.24) is 21.3 Å². The molecule has 6 N–H and O–H groups in total. The standard InChI is InChI=1S/C14H22N4O6/c19-9(11(21)23-13-3-15-1-7(13)17-5-13)10(20)12(22)24-14-4-16-2-8(14)18-6-14/h7-10,15-20H,1-6H2. The van der Waals surface area contributed by atoms with E-state index < -0.39 is 35.3 Å². The second-order valence-electron chi connectivity index (χ2n) is 6.99. The number of fused-ring (bicyclic) bond motifs is 2. The minimum absolute atomic E-state index is 0.0111. The first-order valence-corrected chi connectivity index (χ1v) is 8.16. The topological polar surface area (TPSA) is 141 Å². The molecule has 0 amide bonds. The largest absolute Gasteiger partial charge is 0.453 e. The Bertz CT molecular complexity index is 513. The number of hydrogen-bond donors (Lipinski definition) is 6. The minimum atomic E-state index is -1.97. The molecule has 24 heavy (non-hydrogen) atoms. The molecule has 4 rings (SSSR count). The number of rotatable bonds is 5. The predicted molar refractivity (Wildman–Crippen MR) is 79.0 cm³/mol. The van der Waals surface area contributed by atoms with Crippen LogP contribution in [0.15, 0.2) is 0 Å². The molecule has 0 spiro atoms. The minimum Gasteiger partial charge on any atom is -0.453 e. The molecule has 4 fully saturated rings. The van der Waals surface area contributed by atoms with Crippen LogP contribution < -0.4 is 21.3 Å². The zero-order valence-corrected chi connectivity index (χ0v) is 13.1. The highest BCUT2D eigenvalue weighted by molar-refractivity contribution is 5.85. The Balaban J connectivity index is 1.34. The van der Waals surface area contributed by atoms with Gasteiger partial charge in [-0.15, -0.1) is 0 Å². The third kappa shape index (κ3) is 2.33. The number of carbonyl (C=O) groups excluding carboxylic acids is 2. The van der Waals surface area contributed by atoms with E-state index in [9.17, 15) is 19.8 Å². The summed E-state index contributed by atoms with van der Waals surface area (Å²) in [5.41, 5.74) is -1.42. The molecule has 4 aliphatic heterocycles. The van der Waals surface area contributed by atoms with Crippen molar-refractivity contribution >= 4 is 11.9 Å². The molecule has 6 atom stereocenters. The molecular formula is C14H22N4O6. The lowest BCUT2D eigenvalue weighted by Crippen LogP contribution is -2.70. The lowest BCUT2D eigenvalue weighted by atomic mass is 9.89. The number of aliphatic hydroxyl groups excluding tert-OH is 2. The van der Waals surface area contributed by atoms with Gasteiger partial charge in [0.2, 0.25) is 0 Å². The quantitative estimate of drug-likeness (QED) is 0.270.